The second kappa shape index (κ2) is 7.41. The molecule has 4 aromatic rings. The predicted molar refractivity (Wildman–Crippen MR) is 111 cm³/mol. The predicted octanol–water partition coefficient (Wildman–Crippen LogP) is 5.67. The molecule has 0 radical (unpaired) electrons. The van der Waals surface area contributed by atoms with Gasteiger partial charge >= 0.3 is 0 Å². The number of nitrogens with zero attached hydrogens (tertiary/aromatic N) is 3. The van der Waals surface area contributed by atoms with Gasteiger partial charge in [-0.1, -0.05) is 23.7 Å². The number of methoxy groups -OCH3 is 1. The quantitative estimate of drug-likeness (QED) is 0.335. The molecule has 0 aliphatic heterocycles. The highest BCUT2D eigenvalue weighted by Crippen LogP contribution is 2.39. The lowest BCUT2D eigenvalue weighted by Crippen LogP contribution is -1.99. The molecule has 0 saturated carbocycles. The first-order valence-electron chi connectivity index (χ1n) is 8.14. The molecular weight excluding hydrogens is 400 g/mol. The number of rotatable bonds is 5. The van der Waals surface area contributed by atoms with Crippen LogP contribution < -0.4 is 10.1 Å². The molecule has 0 fully saturated rings. The van der Waals surface area contributed by atoms with Crippen LogP contribution in [0.5, 0.6) is 5.75 Å². The standard InChI is InChI=1S/C19H13ClN4O3S/c1-27-16-7-6-13(24(25)26)8-15(16)23-18-17-14(9-28-19(17)22-10-21-18)11-2-4-12(20)5-3-11/h2-10H,1H3,(H,21,22,23). The van der Waals surface area contributed by atoms with Crippen molar-refractivity contribution < 1.29 is 9.66 Å². The number of fused-ring (bicyclic) bond motifs is 1. The van der Waals surface area contributed by atoms with Crippen LogP contribution in [0.15, 0.2) is 54.2 Å². The fourth-order valence-corrected chi connectivity index (χ4v) is 3.89. The van der Waals surface area contributed by atoms with Gasteiger partial charge in [-0.3, -0.25) is 10.1 Å². The maximum absolute atomic E-state index is 11.1. The normalized spacial score (nSPS) is 10.8. The monoisotopic (exact) mass is 412 g/mol. The van der Waals surface area contributed by atoms with Gasteiger partial charge in [-0.2, -0.15) is 0 Å². The summed E-state index contributed by atoms with van der Waals surface area (Å²) in [7, 11) is 1.51. The molecule has 7 nitrogen and oxygen atoms in total. The topological polar surface area (TPSA) is 90.2 Å². The molecule has 2 aromatic heterocycles. The Morgan fingerprint density at radius 2 is 1.96 bits per heavy atom. The number of non-ortho nitro benzene ring substituents is 1. The molecular formula is C19H13ClN4O3S. The highest BCUT2D eigenvalue weighted by atomic mass is 35.5. The summed E-state index contributed by atoms with van der Waals surface area (Å²) >= 11 is 7.49. The summed E-state index contributed by atoms with van der Waals surface area (Å²) in [5.74, 6) is 1.01. The molecule has 0 atom stereocenters. The summed E-state index contributed by atoms with van der Waals surface area (Å²) in [6.45, 7) is 0. The van der Waals surface area contributed by atoms with Gasteiger partial charge in [0.15, 0.2) is 0 Å². The second-order valence-corrected chi connectivity index (χ2v) is 7.12. The van der Waals surface area contributed by atoms with Crippen LogP contribution >= 0.6 is 22.9 Å². The molecule has 140 valence electrons. The van der Waals surface area contributed by atoms with E-state index < -0.39 is 4.92 Å². The van der Waals surface area contributed by atoms with Crippen molar-refractivity contribution in [1.29, 1.82) is 0 Å². The van der Waals surface area contributed by atoms with Crippen molar-refractivity contribution >= 4 is 50.3 Å². The number of nitrogens with one attached hydrogen (secondary N) is 1. The fraction of sp³-hybridized carbons (Fsp3) is 0.0526. The zero-order chi connectivity index (χ0) is 19.7. The first-order valence-corrected chi connectivity index (χ1v) is 9.40. The fourth-order valence-electron chi connectivity index (χ4n) is 2.85. The lowest BCUT2D eigenvalue weighted by Gasteiger charge is -2.12. The SMILES string of the molecule is COc1ccc([N+](=O)[O-])cc1Nc1ncnc2scc(-c3ccc(Cl)cc3)c12. The van der Waals surface area contributed by atoms with E-state index in [2.05, 4.69) is 15.3 Å². The molecule has 0 aliphatic carbocycles. The van der Waals surface area contributed by atoms with Gasteiger partial charge < -0.3 is 10.1 Å². The maximum atomic E-state index is 11.1. The number of thiophene rings is 1. The average Bonchev–Trinajstić information content (AvgIpc) is 3.13. The Hall–Kier alpha value is -3.23. The Morgan fingerprint density at radius 1 is 1.18 bits per heavy atom. The lowest BCUT2D eigenvalue weighted by molar-refractivity contribution is -0.384. The molecule has 2 aromatic carbocycles. The number of benzene rings is 2. The van der Waals surface area contributed by atoms with E-state index in [9.17, 15) is 10.1 Å². The largest absolute Gasteiger partial charge is 0.495 e. The second-order valence-electron chi connectivity index (χ2n) is 5.83. The van der Waals surface area contributed by atoms with Crippen molar-refractivity contribution in [2.45, 2.75) is 0 Å². The van der Waals surface area contributed by atoms with E-state index in [-0.39, 0.29) is 5.69 Å². The average molecular weight is 413 g/mol. The molecule has 2 heterocycles. The van der Waals surface area contributed by atoms with Gasteiger partial charge in [-0.15, -0.1) is 11.3 Å². The van der Waals surface area contributed by atoms with Crippen LogP contribution in [0.1, 0.15) is 0 Å². The van der Waals surface area contributed by atoms with Crippen molar-refractivity contribution in [2.75, 3.05) is 12.4 Å². The third-order valence-corrected chi connectivity index (χ3v) is 5.31. The number of nitro benzene ring substituents is 1. The third kappa shape index (κ3) is 3.35. The van der Waals surface area contributed by atoms with Crippen LogP contribution in [-0.4, -0.2) is 22.0 Å². The van der Waals surface area contributed by atoms with E-state index in [1.807, 2.05) is 29.6 Å². The van der Waals surface area contributed by atoms with Crippen LogP contribution in [0, 0.1) is 10.1 Å². The summed E-state index contributed by atoms with van der Waals surface area (Å²) in [5.41, 5.74) is 2.32. The Morgan fingerprint density at radius 3 is 2.68 bits per heavy atom. The third-order valence-electron chi connectivity index (χ3n) is 4.17. The van der Waals surface area contributed by atoms with E-state index >= 15 is 0 Å². The van der Waals surface area contributed by atoms with Crippen molar-refractivity contribution in [1.82, 2.24) is 9.97 Å². The molecule has 0 aliphatic rings. The summed E-state index contributed by atoms with van der Waals surface area (Å²) in [6.07, 6.45) is 1.45. The summed E-state index contributed by atoms with van der Waals surface area (Å²) < 4.78 is 5.33. The first-order chi connectivity index (χ1) is 13.6. The molecule has 0 unspecified atom stereocenters. The number of aromatic nitrogens is 2. The molecule has 0 spiro atoms. The van der Waals surface area contributed by atoms with Crippen LogP contribution in [0.2, 0.25) is 5.02 Å². The number of hydrogen-bond acceptors (Lipinski definition) is 7. The summed E-state index contributed by atoms with van der Waals surface area (Å²) in [6, 6.07) is 11.8. The van der Waals surface area contributed by atoms with E-state index in [1.54, 1.807) is 6.07 Å². The Kier molecular flexibility index (Phi) is 4.81. The lowest BCUT2D eigenvalue weighted by atomic mass is 10.1. The molecule has 4 rings (SSSR count). The van der Waals surface area contributed by atoms with E-state index in [0.717, 1.165) is 21.3 Å². The van der Waals surface area contributed by atoms with Crippen LogP contribution in [0.3, 0.4) is 0 Å². The summed E-state index contributed by atoms with van der Waals surface area (Å²) in [5, 5.41) is 17.8. The van der Waals surface area contributed by atoms with E-state index in [0.29, 0.717) is 22.3 Å². The number of halogens is 1. The molecule has 0 saturated heterocycles. The number of anilines is 2. The molecule has 28 heavy (non-hydrogen) atoms. The van der Waals surface area contributed by atoms with Crippen LogP contribution in [-0.2, 0) is 0 Å². The van der Waals surface area contributed by atoms with Gasteiger partial charge in [0, 0.05) is 28.1 Å². The highest BCUT2D eigenvalue weighted by molar-refractivity contribution is 7.17. The van der Waals surface area contributed by atoms with Crippen molar-refractivity contribution in [2.24, 2.45) is 0 Å². The molecule has 0 amide bonds. The summed E-state index contributed by atoms with van der Waals surface area (Å²) in [4.78, 5) is 20.2. The van der Waals surface area contributed by atoms with Gasteiger partial charge in [0.2, 0.25) is 0 Å². The first kappa shape index (κ1) is 18.1. The van der Waals surface area contributed by atoms with Crippen LogP contribution in [0.25, 0.3) is 21.3 Å². The zero-order valence-electron chi connectivity index (χ0n) is 14.5. The molecule has 0 bridgehead atoms. The highest BCUT2D eigenvalue weighted by Gasteiger charge is 2.17. The minimum atomic E-state index is -0.454. The van der Waals surface area contributed by atoms with Crippen molar-refractivity contribution in [3.63, 3.8) is 0 Å². The zero-order valence-corrected chi connectivity index (χ0v) is 16.1. The minimum absolute atomic E-state index is 0.0446. The van der Waals surface area contributed by atoms with E-state index in [4.69, 9.17) is 16.3 Å². The Balaban J connectivity index is 1.84. The van der Waals surface area contributed by atoms with Gasteiger partial charge in [0.1, 0.15) is 22.7 Å². The molecule has 9 heteroatoms. The van der Waals surface area contributed by atoms with Gasteiger partial charge in [0.25, 0.3) is 5.69 Å². The minimum Gasteiger partial charge on any atom is -0.495 e. The van der Waals surface area contributed by atoms with Crippen molar-refractivity contribution in [3.05, 3.63) is 69.3 Å². The number of ether oxygens (including phenoxy) is 1. The Bertz CT molecular complexity index is 1180. The Labute approximate surface area is 168 Å². The maximum Gasteiger partial charge on any atom is 0.271 e. The van der Waals surface area contributed by atoms with Crippen molar-refractivity contribution in [3.8, 4) is 16.9 Å². The number of hydrogen-bond donors (Lipinski definition) is 1. The van der Waals surface area contributed by atoms with Gasteiger partial charge in [-0.05, 0) is 23.8 Å². The van der Waals surface area contributed by atoms with Gasteiger partial charge in [-0.25, -0.2) is 9.97 Å². The van der Waals surface area contributed by atoms with Gasteiger partial charge in [0.05, 0.1) is 23.1 Å². The van der Waals surface area contributed by atoms with Crippen LogP contribution in [0.4, 0.5) is 17.2 Å². The number of nitro groups is 1. The van der Waals surface area contributed by atoms with E-state index in [1.165, 1.54) is 36.9 Å². The molecule has 1 N–H and O–H groups in total. The smallest absolute Gasteiger partial charge is 0.271 e.